The van der Waals surface area contributed by atoms with Crippen LogP contribution in [0.4, 0.5) is 14.6 Å². The smallest absolute Gasteiger partial charge is 0.291 e. The monoisotopic (exact) mass is 401 g/mol. The van der Waals surface area contributed by atoms with Crippen LogP contribution in [0.5, 0.6) is 0 Å². The van der Waals surface area contributed by atoms with Gasteiger partial charge in [0, 0.05) is 26.1 Å². The zero-order valence-electron chi connectivity index (χ0n) is 15.4. The number of nitrogens with one attached hydrogen (secondary N) is 2. The third-order valence-corrected chi connectivity index (χ3v) is 4.73. The highest BCUT2D eigenvalue weighted by molar-refractivity contribution is 6.00. The molecule has 0 fully saturated rings. The number of H-pyrrole nitrogens is 1. The van der Waals surface area contributed by atoms with Crippen LogP contribution in [0, 0.1) is 11.6 Å². The Labute approximate surface area is 163 Å². The van der Waals surface area contributed by atoms with Crippen LogP contribution in [0.25, 0.3) is 0 Å². The lowest BCUT2D eigenvalue weighted by atomic mass is 10.1. The molecule has 0 aliphatic carbocycles. The second-order valence-corrected chi connectivity index (χ2v) is 6.62. The summed E-state index contributed by atoms with van der Waals surface area (Å²) in [4.78, 5) is 30.6. The fourth-order valence-corrected chi connectivity index (χ4v) is 3.20. The molecule has 9 nitrogen and oxygen atoms in total. The number of hydrogen-bond acceptors (Lipinski definition) is 5. The fourth-order valence-electron chi connectivity index (χ4n) is 3.20. The number of nitrogens with zero attached hydrogens (tertiary/aromatic N) is 5. The first-order chi connectivity index (χ1) is 13.9. The molecule has 2 amide bonds. The molecule has 2 aromatic heterocycles. The predicted octanol–water partition coefficient (Wildman–Crippen LogP) is 1.04. The van der Waals surface area contributed by atoms with Gasteiger partial charge in [-0.25, -0.2) is 18.4 Å². The van der Waals surface area contributed by atoms with Gasteiger partial charge in [0.15, 0.2) is 11.6 Å². The molecule has 1 unspecified atom stereocenters. The van der Waals surface area contributed by atoms with E-state index in [0.29, 0.717) is 18.8 Å². The Morgan fingerprint density at radius 3 is 3.00 bits per heavy atom. The lowest BCUT2D eigenvalue weighted by Gasteiger charge is -2.19. The summed E-state index contributed by atoms with van der Waals surface area (Å²) in [6, 6.07) is 4.78. The van der Waals surface area contributed by atoms with Gasteiger partial charge in [0.25, 0.3) is 11.8 Å². The molecule has 11 heteroatoms. The van der Waals surface area contributed by atoms with Gasteiger partial charge in [-0.3, -0.25) is 19.6 Å². The van der Waals surface area contributed by atoms with Gasteiger partial charge in [-0.15, -0.1) is 5.10 Å². The maximum atomic E-state index is 13.8. The van der Waals surface area contributed by atoms with Crippen LogP contribution in [0.1, 0.15) is 28.4 Å². The molecule has 0 spiro atoms. The number of aromatic amines is 1. The SMILES string of the molecule is CN1C(=O)C(NC(=O)c2n[nH]c(Cc3cccc(F)c3F)n2)CCn2nccc21. The number of amides is 2. The molecule has 4 rings (SSSR count). The largest absolute Gasteiger partial charge is 0.337 e. The van der Waals surface area contributed by atoms with Crippen molar-refractivity contribution in [2.24, 2.45) is 0 Å². The van der Waals surface area contributed by atoms with Crippen molar-refractivity contribution in [3.63, 3.8) is 0 Å². The summed E-state index contributed by atoms with van der Waals surface area (Å²) < 4.78 is 28.8. The van der Waals surface area contributed by atoms with Crippen LogP contribution in [-0.4, -0.2) is 49.9 Å². The van der Waals surface area contributed by atoms with E-state index in [9.17, 15) is 18.4 Å². The van der Waals surface area contributed by atoms with Crippen molar-refractivity contribution < 1.29 is 18.4 Å². The Balaban J connectivity index is 1.45. The number of carbonyl (C=O) groups excluding carboxylic acids is 2. The zero-order chi connectivity index (χ0) is 20.5. The molecule has 0 saturated heterocycles. The van der Waals surface area contributed by atoms with Gasteiger partial charge in [0.05, 0.1) is 6.20 Å². The quantitative estimate of drug-likeness (QED) is 0.679. The Kier molecular flexibility index (Phi) is 4.79. The highest BCUT2D eigenvalue weighted by Gasteiger charge is 2.30. The first kappa shape index (κ1) is 18.7. The van der Waals surface area contributed by atoms with E-state index in [0.717, 1.165) is 6.07 Å². The van der Waals surface area contributed by atoms with Crippen molar-refractivity contribution in [1.82, 2.24) is 30.3 Å². The number of fused-ring (bicyclic) bond motifs is 1. The summed E-state index contributed by atoms with van der Waals surface area (Å²) in [5.41, 5.74) is 0.0862. The van der Waals surface area contributed by atoms with Crippen molar-refractivity contribution in [3.05, 3.63) is 59.3 Å². The van der Waals surface area contributed by atoms with Gasteiger partial charge in [-0.1, -0.05) is 12.1 Å². The maximum Gasteiger partial charge on any atom is 0.291 e. The van der Waals surface area contributed by atoms with Crippen molar-refractivity contribution in [1.29, 1.82) is 0 Å². The van der Waals surface area contributed by atoms with Gasteiger partial charge < -0.3 is 5.32 Å². The number of halogens is 2. The lowest BCUT2D eigenvalue weighted by molar-refractivity contribution is -0.120. The van der Waals surface area contributed by atoms with Crippen molar-refractivity contribution in [3.8, 4) is 0 Å². The second-order valence-electron chi connectivity index (χ2n) is 6.62. The van der Waals surface area contributed by atoms with Crippen molar-refractivity contribution in [2.45, 2.75) is 25.4 Å². The first-order valence-corrected chi connectivity index (χ1v) is 8.88. The molecule has 3 heterocycles. The van der Waals surface area contributed by atoms with E-state index in [-0.39, 0.29) is 29.5 Å². The summed E-state index contributed by atoms with van der Waals surface area (Å²) in [6.45, 7) is 0.460. The third-order valence-electron chi connectivity index (χ3n) is 4.73. The number of hydrogen-bond donors (Lipinski definition) is 2. The average Bonchev–Trinajstić information content (AvgIpc) is 3.35. The summed E-state index contributed by atoms with van der Waals surface area (Å²) in [6.07, 6.45) is 1.90. The maximum absolute atomic E-state index is 13.8. The molecule has 3 aromatic rings. The minimum atomic E-state index is -0.973. The van der Waals surface area contributed by atoms with Crippen LogP contribution in [0.2, 0.25) is 0 Å². The Morgan fingerprint density at radius 1 is 1.34 bits per heavy atom. The number of rotatable bonds is 4. The Morgan fingerprint density at radius 2 is 2.17 bits per heavy atom. The first-order valence-electron chi connectivity index (χ1n) is 8.88. The highest BCUT2D eigenvalue weighted by atomic mass is 19.2. The van der Waals surface area contributed by atoms with Gasteiger partial charge in [0.2, 0.25) is 5.82 Å². The molecule has 1 aliphatic heterocycles. The molecule has 1 aliphatic rings. The van der Waals surface area contributed by atoms with Gasteiger partial charge in [0.1, 0.15) is 17.7 Å². The number of likely N-dealkylation sites (N-methyl/N-ethyl adjacent to an activating group) is 1. The Hall–Kier alpha value is -3.63. The van der Waals surface area contributed by atoms with Crippen LogP contribution >= 0.6 is 0 Å². The third kappa shape index (κ3) is 3.58. The summed E-state index contributed by atoms with van der Waals surface area (Å²) in [5, 5.41) is 13.1. The van der Waals surface area contributed by atoms with E-state index in [4.69, 9.17) is 0 Å². The van der Waals surface area contributed by atoms with Crippen LogP contribution < -0.4 is 10.2 Å². The average molecular weight is 401 g/mol. The van der Waals surface area contributed by atoms with Crippen LogP contribution in [0.3, 0.4) is 0 Å². The van der Waals surface area contributed by atoms with E-state index in [1.165, 1.54) is 17.0 Å². The zero-order valence-corrected chi connectivity index (χ0v) is 15.4. The molecule has 1 atom stereocenters. The van der Waals surface area contributed by atoms with Crippen molar-refractivity contribution >= 4 is 17.6 Å². The van der Waals surface area contributed by atoms with E-state index in [2.05, 4.69) is 25.6 Å². The lowest BCUT2D eigenvalue weighted by Crippen LogP contribution is -2.47. The van der Waals surface area contributed by atoms with Crippen LogP contribution in [-0.2, 0) is 17.8 Å². The molecule has 0 radical (unpaired) electrons. The standard InChI is InChI=1S/C18H17F2N7O2/c1-26-14-5-7-21-27(14)8-6-12(18(26)29)22-17(28)16-23-13(24-25-16)9-10-3-2-4-11(19)15(10)20/h2-5,7,12H,6,8-9H2,1H3,(H,22,28)(H,23,24,25). The minimum Gasteiger partial charge on any atom is -0.337 e. The van der Waals surface area contributed by atoms with Gasteiger partial charge in [-0.2, -0.15) is 5.10 Å². The normalized spacial score (nSPS) is 16.4. The number of anilines is 1. The summed E-state index contributed by atoms with van der Waals surface area (Å²) >= 11 is 0. The molecular formula is C18H17F2N7O2. The topological polar surface area (TPSA) is 109 Å². The van der Waals surface area contributed by atoms with Gasteiger partial charge in [-0.05, 0) is 18.1 Å². The molecule has 2 N–H and O–H groups in total. The number of aryl methyl sites for hydroxylation is 1. The fraction of sp³-hybridized carbons (Fsp3) is 0.278. The Bertz CT molecular complexity index is 1080. The van der Waals surface area contributed by atoms with E-state index in [1.807, 2.05) is 0 Å². The molecule has 150 valence electrons. The summed E-state index contributed by atoms with van der Waals surface area (Å²) in [7, 11) is 1.61. The molecule has 1 aromatic carbocycles. The second kappa shape index (κ2) is 7.41. The predicted molar refractivity (Wildman–Crippen MR) is 97.1 cm³/mol. The highest BCUT2D eigenvalue weighted by Crippen LogP contribution is 2.19. The van der Waals surface area contributed by atoms with Gasteiger partial charge >= 0.3 is 0 Å². The van der Waals surface area contributed by atoms with E-state index in [1.54, 1.807) is 24.0 Å². The van der Waals surface area contributed by atoms with E-state index < -0.39 is 23.6 Å². The minimum absolute atomic E-state index is 0.0594. The molecular weight excluding hydrogens is 384 g/mol. The molecule has 0 bridgehead atoms. The van der Waals surface area contributed by atoms with E-state index >= 15 is 0 Å². The van der Waals surface area contributed by atoms with Crippen molar-refractivity contribution in [2.75, 3.05) is 11.9 Å². The van der Waals surface area contributed by atoms with Crippen LogP contribution in [0.15, 0.2) is 30.5 Å². The molecule has 0 saturated carbocycles. The number of benzene rings is 1. The molecule has 29 heavy (non-hydrogen) atoms. The number of carbonyl (C=O) groups is 2. The summed E-state index contributed by atoms with van der Waals surface area (Å²) in [5.74, 6) is -2.20. The number of aromatic nitrogens is 5.